The number of hydrogen-bond acceptors (Lipinski definition) is 1. The lowest BCUT2D eigenvalue weighted by molar-refractivity contribution is -0.121. The highest BCUT2D eigenvalue weighted by Gasteiger charge is 2.67. The van der Waals surface area contributed by atoms with Gasteiger partial charge in [-0.2, -0.15) is 0 Å². The van der Waals surface area contributed by atoms with Crippen LogP contribution in [-0.4, -0.2) is 5.78 Å². The van der Waals surface area contributed by atoms with E-state index in [0.29, 0.717) is 5.78 Å². The van der Waals surface area contributed by atoms with Crippen LogP contribution < -0.4 is 0 Å². The summed E-state index contributed by atoms with van der Waals surface area (Å²) in [5.74, 6) is 0.724. The molecule has 0 aliphatic heterocycles. The molecular weight excluding hydrogens is 172 g/mol. The molecular formula is C13H22O. The van der Waals surface area contributed by atoms with Crippen molar-refractivity contribution in [1.29, 1.82) is 0 Å². The van der Waals surface area contributed by atoms with Gasteiger partial charge >= 0.3 is 0 Å². The third-order valence-corrected chi connectivity index (χ3v) is 4.17. The molecule has 1 rings (SSSR count). The van der Waals surface area contributed by atoms with E-state index in [9.17, 15) is 4.79 Å². The first-order chi connectivity index (χ1) is 6.35. The van der Waals surface area contributed by atoms with Crippen LogP contribution in [0.3, 0.4) is 0 Å². The Labute approximate surface area is 87.6 Å². The summed E-state index contributed by atoms with van der Waals surface area (Å²) in [6.07, 6.45) is 4.53. The van der Waals surface area contributed by atoms with E-state index in [1.54, 1.807) is 0 Å². The van der Waals surface area contributed by atoms with Crippen molar-refractivity contribution in [1.82, 2.24) is 0 Å². The molecule has 0 spiro atoms. The number of unbranched alkanes of at least 4 members (excludes halogenated alkanes) is 1. The minimum atomic E-state index is 0.207. The summed E-state index contributed by atoms with van der Waals surface area (Å²) in [5, 5.41) is 0. The zero-order valence-electron chi connectivity index (χ0n) is 9.89. The molecule has 1 nitrogen and oxygen atoms in total. The quantitative estimate of drug-likeness (QED) is 0.483. The van der Waals surface area contributed by atoms with Crippen LogP contribution in [0, 0.1) is 16.7 Å². The molecule has 0 aromatic heterocycles. The third kappa shape index (κ3) is 1.65. The lowest BCUT2D eigenvalue weighted by atomic mass is 10.0. The van der Waals surface area contributed by atoms with Gasteiger partial charge in [0.15, 0.2) is 0 Å². The first-order valence-corrected chi connectivity index (χ1v) is 5.49. The van der Waals surface area contributed by atoms with Crippen molar-refractivity contribution in [2.75, 3.05) is 0 Å². The van der Waals surface area contributed by atoms with Gasteiger partial charge in [0.1, 0.15) is 5.78 Å². The Hall–Kier alpha value is -0.590. The van der Waals surface area contributed by atoms with Crippen LogP contribution in [0.4, 0.5) is 0 Å². The summed E-state index contributed by atoms with van der Waals surface area (Å²) in [5.41, 5.74) is 0.413. The summed E-state index contributed by atoms with van der Waals surface area (Å²) in [4.78, 5) is 11.9. The van der Waals surface area contributed by atoms with E-state index in [-0.39, 0.29) is 16.7 Å². The van der Waals surface area contributed by atoms with E-state index in [1.165, 1.54) is 0 Å². The first-order valence-electron chi connectivity index (χ1n) is 5.49. The maximum absolute atomic E-state index is 11.9. The van der Waals surface area contributed by atoms with Crippen LogP contribution >= 0.6 is 0 Å². The second-order valence-electron chi connectivity index (χ2n) is 5.52. The van der Waals surface area contributed by atoms with E-state index in [2.05, 4.69) is 34.3 Å². The zero-order valence-corrected chi connectivity index (χ0v) is 9.89. The molecule has 14 heavy (non-hydrogen) atoms. The Morgan fingerprint density at radius 1 is 1.29 bits per heavy atom. The van der Waals surface area contributed by atoms with Crippen LogP contribution in [0.2, 0.25) is 0 Å². The van der Waals surface area contributed by atoms with Crippen LogP contribution in [-0.2, 0) is 4.79 Å². The standard InChI is InChI=1S/C13H22O/c1-6-7-8-9-10(14)11-12(2,3)13(11,4)5/h6,11H,1,7-9H2,2-5H3. The highest BCUT2D eigenvalue weighted by Crippen LogP contribution is 2.68. The summed E-state index contributed by atoms with van der Waals surface area (Å²) >= 11 is 0. The number of carbonyl (C=O) groups is 1. The lowest BCUT2D eigenvalue weighted by Crippen LogP contribution is -2.06. The van der Waals surface area contributed by atoms with Crippen LogP contribution in [0.1, 0.15) is 47.0 Å². The van der Waals surface area contributed by atoms with Crippen molar-refractivity contribution in [3.05, 3.63) is 12.7 Å². The molecule has 0 atom stereocenters. The van der Waals surface area contributed by atoms with Gasteiger partial charge in [-0.15, -0.1) is 6.58 Å². The van der Waals surface area contributed by atoms with Crippen molar-refractivity contribution in [2.45, 2.75) is 47.0 Å². The number of hydrogen-bond donors (Lipinski definition) is 0. The third-order valence-electron chi connectivity index (χ3n) is 4.17. The van der Waals surface area contributed by atoms with Crippen molar-refractivity contribution < 1.29 is 4.79 Å². The second-order valence-corrected chi connectivity index (χ2v) is 5.52. The van der Waals surface area contributed by atoms with E-state index >= 15 is 0 Å². The van der Waals surface area contributed by atoms with E-state index in [0.717, 1.165) is 19.3 Å². The molecule has 80 valence electrons. The van der Waals surface area contributed by atoms with Crippen LogP contribution in [0.25, 0.3) is 0 Å². The molecule has 0 unspecified atom stereocenters. The highest BCUT2D eigenvalue weighted by molar-refractivity contribution is 5.86. The molecule has 0 aromatic rings. The average molecular weight is 194 g/mol. The molecule has 1 aliphatic carbocycles. The Kier molecular flexibility index (Phi) is 2.89. The van der Waals surface area contributed by atoms with Crippen molar-refractivity contribution in [3.8, 4) is 0 Å². The van der Waals surface area contributed by atoms with Crippen molar-refractivity contribution >= 4 is 5.78 Å². The van der Waals surface area contributed by atoms with Crippen molar-refractivity contribution in [2.24, 2.45) is 16.7 Å². The SMILES string of the molecule is C=CCCCC(=O)C1C(C)(C)C1(C)C. The summed E-state index contributed by atoms with van der Waals surface area (Å²) < 4.78 is 0. The number of Topliss-reactive ketones (excluding diaryl/α,β-unsaturated/α-hetero) is 1. The maximum atomic E-state index is 11.9. The van der Waals surface area contributed by atoms with E-state index < -0.39 is 0 Å². The average Bonchev–Trinajstić information content (AvgIpc) is 2.43. The van der Waals surface area contributed by atoms with Gasteiger partial charge in [-0.3, -0.25) is 4.79 Å². The van der Waals surface area contributed by atoms with Gasteiger partial charge in [0.25, 0.3) is 0 Å². The zero-order chi connectivity index (χ0) is 11.0. The number of carbonyl (C=O) groups excluding carboxylic acids is 1. The first kappa shape index (κ1) is 11.5. The topological polar surface area (TPSA) is 17.1 Å². The van der Waals surface area contributed by atoms with Crippen LogP contribution in [0.15, 0.2) is 12.7 Å². The fraction of sp³-hybridized carbons (Fsp3) is 0.769. The molecule has 0 radical (unpaired) electrons. The molecule has 0 N–H and O–H groups in total. The Balaban J connectivity index is 2.45. The molecule has 1 fully saturated rings. The second kappa shape index (κ2) is 3.52. The summed E-state index contributed by atoms with van der Waals surface area (Å²) in [7, 11) is 0. The molecule has 0 heterocycles. The van der Waals surface area contributed by atoms with Crippen LogP contribution in [0.5, 0.6) is 0 Å². The number of ketones is 1. The lowest BCUT2D eigenvalue weighted by Gasteiger charge is -2.03. The van der Waals surface area contributed by atoms with Gasteiger partial charge in [0, 0.05) is 12.3 Å². The smallest absolute Gasteiger partial charge is 0.137 e. The van der Waals surface area contributed by atoms with Gasteiger partial charge in [-0.25, -0.2) is 0 Å². The Morgan fingerprint density at radius 3 is 2.14 bits per heavy atom. The molecule has 0 bridgehead atoms. The minimum Gasteiger partial charge on any atom is -0.299 e. The van der Waals surface area contributed by atoms with E-state index in [4.69, 9.17) is 0 Å². The molecule has 1 heteroatoms. The number of allylic oxidation sites excluding steroid dienone is 1. The van der Waals surface area contributed by atoms with Gasteiger partial charge in [0.05, 0.1) is 0 Å². The largest absolute Gasteiger partial charge is 0.299 e. The van der Waals surface area contributed by atoms with Gasteiger partial charge in [-0.05, 0) is 23.7 Å². The predicted molar refractivity (Wildman–Crippen MR) is 60.1 cm³/mol. The van der Waals surface area contributed by atoms with E-state index in [1.807, 2.05) is 6.08 Å². The molecule has 0 saturated heterocycles. The summed E-state index contributed by atoms with van der Waals surface area (Å²) in [6.45, 7) is 12.5. The van der Waals surface area contributed by atoms with Gasteiger partial charge in [-0.1, -0.05) is 33.8 Å². The normalized spacial score (nSPS) is 23.1. The van der Waals surface area contributed by atoms with Gasteiger partial charge < -0.3 is 0 Å². The fourth-order valence-electron chi connectivity index (χ4n) is 2.57. The predicted octanol–water partition coefficient (Wildman–Crippen LogP) is 3.59. The van der Waals surface area contributed by atoms with Gasteiger partial charge in [0.2, 0.25) is 0 Å². The molecule has 1 saturated carbocycles. The molecule has 1 aliphatic rings. The Bertz CT molecular complexity index is 234. The molecule has 0 amide bonds. The maximum Gasteiger partial charge on any atom is 0.137 e. The minimum absolute atomic E-state index is 0.207. The van der Waals surface area contributed by atoms with Crippen molar-refractivity contribution in [3.63, 3.8) is 0 Å². The fourth-order valence-corrected chi connectivity index (χ4v) is 2.57. The monoisotopic (exact) mass is 194 g/mol. The molecule has 0 aromatic carbocycles. The number of rotatable bonds is 5. The highest BCUT2D eigenvalue weighted by atomic mass is 16.1. The Morgan fingerprint density at radius 2 is 1.79 bits per heavy atom. The summed E-state index contributed by atoms with van der Waals surface area (Å²) in [6, 6.07) is 0.